The SMILES string of the molecule is NCCOc1cc(OCCN)c(C(=O)Nc2cccc(N)c2SCCN)cc1C(=O)Nc1cccc(N)c1SCCN. The Balaban J connectivity index is 2.05. The van der Waals surface area contributed by atoms with Gasteiger partial charge < -0.3 is 54.5 Å². The molecule has 2 amide bonds. The largest absolute Gasteiger partial charge is 0.491 e. The smallest absolute Gasteiger partial charge is 0.259 e. The molecule has 0 aliphatic heterocycles. The van der Waals surface area contributed by atoms with Gasteiger partial charge in [-0.25, -0.2) is 0 Å². The summed E-state index contributed by atoms with van der Waals surface area (Å²) in [5.41, 5.74) is 37.2. The average Bonchev–Trinajstić information content (AvgIpc) is 2.98. The molecule has 3 aromatic carbocycles. The van der Waals surface area contributed by atoms with E-state index in [0.717, 1.165) is 0 Å². The van der Waals surface area contributed by atoms with Crippen LogP contribution in [-0.2, 0) is 0 Å². The fraction of sp³-hybridized carbons (Fsp3) is 0.286. The molecule has 0 heterocycles. The molecule has 0 spiro atoms. The van der Waals surface area contributed by atoms with Gasteiger partial charge in [-0.05, 0) is 30.3 Å². The molecule has 0 atom stereocenters. The van der Waals surface area contributed by atoms with Crippen molar-refractivity contribution >= 4 is 58.1 Å². The van der Waals surface area contributed by atoms with Crippen LogP contribution in [0.1, 0.15) is 20.7 Å². The van der Waals surface area contributed by atoms with Gasteiger partial charge in [0.05, 0.1) is 32.3 Å². The molecule has 0 bridgehead atoms. The Morgan fingerprint density at radius 3 is 1.45 bits per heavy atom. The summed E-state index contributed by atoms with van der Waals surface area (Å²) in [5.74, 6) is 0.535. The highest BCUT2D eigenvalue weighted by Crippen LogP contribution is 2.36. The molecule has 12 nitrogen and oxygen atoms in total. The first-order valence-corrected chi connectivity index (χ1v) is 15.2. The first-order valence-electron chi connectivity index (χ1n) is 13.2. The van der Waals surface area contributed by atoms with E-state index in [0.29, 0.717) is 57.1 Å². The van der Waals surface area contributed by atoms with E-state index in [9.17, 15) is 9.59 Å². The van der Waals surface area contributed by atoms with Crippen molar-refractivity contribution in [2.45, 2.75) is 9.79 Å². The Morgan fingerprint density at radius 1 is 0.643 bits per heavy atom. The molecular weight excluding hydrogens is 576 g/mol. The number of hydrogen-bond donors (Lipinski definition) is 8. The Kier molecular flexibility index (Phi) is 13.1. The summed E-state index contributed by atoms with van der Waals surface area (Å²) >= 11 is 2.86. The Hall–Kier alpha value is -3.66. The van der Waals surface area contributed by atoms with Crippen LogP contribution < -0.4 is 54.5 Å². The van der Waals surface area contributed by atoms with Crippen molar-refractivity contribution < 1.29 is 19.1 Å². The standard InChI is InChI=1S/C28H38N8O4S2/c29-7-11-39-23-16-24(40-12-8-30)18(28(38)36-22-6-2-4-20(34)26(22)42-14-10-32)15-17(23)27(37)35-21-5-1-3-19(33)25(21)41-13-9-31/h1-6,15-16H,7-14,29-34H2,(H,35,37)(H,36,38). The summed E-state index contributed by atoms with van der Waals surface area (Å²) in [6.07, 6.45) is 0. The molecule has 0 radical (unpaired) electrons. The average molecular weight is 615 g/mol. The predicted molar refractivity (Wildman–Crippen MR) is 173 cm³/mol. The van der Waals surface area contributed by atoms with Crippen molar-refractivity contribution in [2.24, 2.45) is 22.9 Å². The van der Waals surface area contributed by atoms with Gasteiger partial charge in [0, 0.05) is 55.1 Å². The first kappa shape index (κ1) is 32.8. The summed E-state index contributed by atoms with van der Waals surface area (Å²) in [4.78, 5) is 28.8. The molecule has 0 aromatic heterocycles. The molecule has 0 saturated heterocycles. The minimum absolute atomic E-state index is 0.0937. The number of nitrogens with one attached hydrogen (secondary N) is 2. The third kappa shape index (κ3) is 8.67. The zero-order valence-corrected chi connectivity index (χ0v) is 24.8. The molecule has 0 aliphatic carbocycles. The highest BCUT2D eigenvalue weighted by atomic mass is 32.2. The van der Waals surface area contributed by atoms with Crippen LogP contribution in [0.5, 0.6) is 11.5 Å². The quantitative estimate of drug-likeness (QED) is 0.0856. The van der Waals surface area contributed by atoms with Crippen molar-refractivity contribution in [2.75, 3.05) is 73.0 Å². The summed E-state index contributed by atoms with van der Waals surface area (Å²) in [6, 6.07) is 13.3. The van der Waals surface area contributed by atoms with Crippen LogP contribution in [0.4, 0.5) is 22.7 Å². The van der Waals surface area contributed by atoms with Gasteiger partial charge in [0.15, 0.2) is 0 Å². The fourth-order valence-electron chi connectivity index (χ4n) is 3.82. The van der Waals surface area contributed by atoms with Gasteiger partial charge in [-0.15, -0.1) is 23.5 Å². The highest BCUT2D eigenvalue weighted by Gasteiger charge is 2.24. The maximum Gasteiger partial charge on any atom is 0.259 e. The lowest BCUT2D eigenvalue weighted by atomic mass is 10.1. The van der Waals surface area contributed by atoms with E-state index < -0.39 is 11.8 Å². The second-order valence-electron chi connectivity index (χ2n) is 8.75. The number of amides is 2. The zero-order valence-electron chi connectivity index (χ0n) is 23.2. The van der Waals surface area contributed by atoms with Gasteiger partial charge >= 0.3 is 0 Å². The lowest BCUT2D eigenvalue weighted by Gasteiger charge is -2.19. The fourth-order valence-corrected chi connectivity index (χ4v) is 5.49. The van der Waals surface area contributed by atoms with E-state index in [1.165, 1.54) is 35.7 Å². The highest BCUT2D eigenvalue weighted by molar-refractivity contribution is 7.99. The van der Waals surface area contributed by atoms with Crippen LogP contribution in [0.15, 0.2) is 58.3 Å². The monoisotopic (exact) mass is 614 g/mol. The van der Waals surface area contributed by atoms with Crippen LogP contribution in [0.3, 0.4) is 0 Å². The van der Waals surface area contributed by atoms with E-state index in [1.54, 1.807) is 36.4 Å². The molecule has 42 heavy (non-hydrogen) atoms. The van der Waals surface area contributed by atoms with E-state index in [-0.39, 0.29) is 48.9 Å². The lowest BCUT2D eigenvalue weighted by molar-refractivity contribution is 0.102. The Bertz CT molecular complexity index is 1280. The predicted octanol–water partition coefficient (Wildman–Crippen LogP) is 2.13. The van der Waals surface area contributed by atoms with Gasteiger partial charge in [-0.2, -0.15) is 0 Å². The Morgan fingerprint density at radius 2 is 1.07 bits per heavy atom. The van der Waals surface area contributed by atoms with Crippen LogP contribution in [-0.4, -0.2) is 62.7 Å². The van der Waals surface area contributed by atoms with Gasteiger partial charge in [0.1, 0.15) is 24.7 Å². The van der Waals surface area contributed by atoms with Crippen LogP contribution in [0.25, 0.3) is 0 Å². The summed E-state index contributed by atoms with van der Waals surface area (Å²) in [5, 5.41) is 5.79. The first-order chi connectivity index (χ1) is 20.3. The van der Waals surface area contributed by atoms with Crippen molar-refractivity contribution in [1.29, 1.82) is 0 Å². The molecule has 0 unspecified atom stereocenters. The van der Waals surface area contributed by atoms with Gasteiger partial charge in [-0.3, -0.25) is 9.59 Å². The number of hydrogen-bond acceptors (Lipinski definition) is 12. The second-order valence-corrected chi connectivity index (χ2v) is 11.0. The topological polar surface area (TPSA) is 233 Å². The van der Waals surface area contributed by atoms with Gasteiger partial charge in [0.2, 0.25) is 0 Å². The Labute approximate surface area is 253 Å². The van der Waals surface area contributed by atoms with E-state index in [2.05, 4.69) is 10.6 Å². The van der Waals surface area contributed by atoms with Gasteiger partial charge in [0.25, 0.3) is 11.8 Å². The van der Waals surface area contributed by atoms with Crippen molar-refractivity contribution in [3.63, 3.8) is 0 Å². The van der Waals surface area contributed by atoms with Gasteiger partial charge in [-0.1, -0.05) is 12.1 Å². The molecular formula is C28H38N8O4S2. The zero-order chi connectivity index (χ0) is 30.5. The van der Waals surface area contributed by atoms with Crippen LogP contribution >= 0.6 is 23.5 Å². The number of thioether (sulfide) groups is 2. The van der Waals surface area contributed by atoms with Crippen molar-refractivity contribution in [3.05, 3.63) is 59.7 Å². The van der Waals surface area contributed by atoms with E-state index in [1.807, 2.05) is 0 Å². The molecule has 0 saturated carbocycles. The number of carbonyl (C=O) groups excluding carboxylic acids is 2. The molecule has 226 valence electrons. The maximum atomic E-state index is 13.7. The number of nitrogen functional groups attached to an aromatic ring is 2. The minimum atomic E-state index is -0.523. The molecule has 0 fully saturated rings. The number of ether oxygens (including phenoxy) is 2. The van der Waals surface area contributed by atoms with Crippen LogP contribution in [0, 0.1) is 0 Å². The minimum Gasteiger partial charge on any atom is -0.491 e. The number of benzene rings is 3. The number of nitrogens with two attached hydrogens (primary N) is 6. The third-order valence-electron chi connectivity index (χ3n) is 5.64. The van der Waals surface area contributed by atoms with Crippen molar-refractivity contribution in [1.82, 2.24) is 0 Å². The number of anilines is 4. The van der Waals surface area contributed by atoms with Crippen LogP contribution in [0.2, 0.25) is 0 Å². The van der Waals surface area contributed by atoms with Crippen molar-refractivity contribution in [3.8, 4) is 11.5 Å². The normalized spacial score (nSPS) is 10.8. The molecule has 0 aliphatic rings. The molecule has 3 rings (SSSR count). The summed E-state index contributed by atoms with van der Waals surface area (Å²) < 4.78 is 11.6. The number of rotatable bonds is 16. The second kappa shape index (κ2) is 16.7. The summed E-state index contributed by atoms with van der Waals surface area (Å²) in [6.45, 7) is 1.54. The maximum absolute atomic E-state index is 13.7. The molecule has 3 aromatic rings. The number of carbonyl (C=O) groups is 2. The molecule has 14 N–H and O–H groups in total. The lowest BCUT2D eigenvalue weighted by Crippen LogP contribution is -2.21. The summed E-state index contributed by atoms with van der Waals surface area (Å²) in [7, 11) is 0. The van der Waals surface area contributed by atoms with E-state index >= 15 is 0 Å². The van der Waals surface area contributed by atoms with E-state index in [4.69, 9.17) is 43.9 Å². The third-order valence-corrected chi connectivity index (χ3v) is 8.01. The molecule has 14 heteroatoms.